The van der Waals surface area contributed by atoms with Crippen molar-refractivity contribution < 1.29 is 0 Å². The molecular weight excluding hydrogens is 619 g/mol. The molecule has 3 nitrogen and oxygen atoms in total. The number of benzene rings is 7. The van der Waals surface area contributed by atoms with Gasteiger partial charge in [-0.2, -0.15) is 0 Å². The zero-order valence-electron chi connectivity index (χ0n) is 28.4. The molecule has 0 bridgehead atoms. The molecule has 10 rings (SSSR count). The quantitative estimate of drug-likeness (QED) is 0.178. The van der Waals surface area contributed by atoms with E-state index in [1.165, 1.54) is 43.8 Å². The van der Waals surface area contributed by atoms with Crippen molar-refractivity contribution in [3.8, 4) is 56.2 Å². The van der Waals surface area contributed by atoms with E-state index in [0.29, 0.717) is 5.82 Å². The third-order valence-electron chi connectivity index (χ3n) is 10.8. The molecule has 2 heterocycles. The lowest BCUT2D eigenvalue weighted by Crippen LogP contribution is -2.14. The minimum Gasteiger partial charge on any atom is -0.256 e. The molecule has 2 aromatic heterocycles. The Kier molecular flexibility index (Phi) is 6.53. The molecule has 9 aromatic rings. The van der Waals surface area contributed by atoms with Crippen molar-refractivity contribution >= 4 is 32.4 Å². The summed E-state index contributed by atoms with van der Waals surface area (Å²) in [7, 11) is 0. The standard InChI is InChI=1S/C48H33N3/c1-48(2)42-18-7-6-13-37(42)41-27-33-24-25-36-35(40(33)28-43(41)48)15-8-16-39(36)46-29-45(31-11-4-3-5-12-31)50-47(51-46)32-22-20-30(21-23-32)34-14-9-19-44-38(34)17-10-26-49-44/h3-29H,1-2H3. The van der Waals surface area contributed by atoms with Gasteiger partial charge in [0.05, 0.1) is 16.9 Å². The van der Waals surface area contributed by atoms with Crippen LogP contribution in [-0.4, -0.2) is 15.0 Å². The van der Waals surface area contributed by atoms with Gasteiger partial charge in [-0.15, -0.1) is 0 Å². The zero-order chi connectivity index (χ0) is 34.1. The summed E-state index contributed by atoms with van der Waals surface area (Å²) in [6.45, 7) is 4.69. The van der Waals surface area contributed by atoms with Crippen molar-refractivity contribution in [2.45, 2.75) is 19.3 Å². The summed E-state index contributed by atoms with van der Waals surface area (Å²) in [6.07, 6.45) is 1.84. The fourth-order valence-electron chi connectivity index (χ4n) is 8.14. The molecule has 0 atom stereocenters. The van der Waals surface area contributed by atoms with Crippen LogP contribution in [-0.2, 0) is 5.41 Å². The van der Waals surface area contributed by atoms with Gasteiger partial charge < -0.3 is 0 Å². The predicted octanol–water partition coefficient (Wildman–Crippen LogP) is 12.3. The summed E-state index contributed by atoms with van der Waals surface area (Å²) in [5.41, 5.74) is 13.6. The van der Waals surface area contributed by atoms with Gasteiger partial charge >= 0.3 is 0 Å². The topological polar surface area (TPSA) is 38.7 Å². The summed E-state index contributed by atoms with van der Waals surface area (Å²) in [5.74, 6) is 0.701. The van der Waals surface area contributed by atoms with E-state index in [1.807, 2.05) is 18.3 Å². The number of aromatic nitrogens is 3. The highest BCUT2D eigenvalue weighted by Gasteiger charge is 2.35. The number of pyridine rings is 1. The largest absolute Gasteiger partial charge is 0.256 e. The number of nitrogens with zero attached hydrogens (tertiary/aromatic N) is 3. The Balaban J connectivity index is 1.13. The third-order valence-corrected chi connectivity index (χ3v) is 10.8. The van der Waals surface area contributed by atoms with E-state index in [9.17, 15) is 0 Å². The highest BCUT2D eigenvalue weighted by molar-refractivity contribution is 6.13. The van der Waals surface area contributed by atoms with Crippen LogP contribution in [0.1, 0.15) is 25.0 Å². The second kappa shape index (κ2) is 11.3. The van der Waals surface area contributed by atoms with Gasteiger partial charge in [-0.1, -0.05) is 141 Å². The fourth-order valence-corrected chi connectivity index (χ4v) is 8.14. The number of hydrogen-bond donors (Lipinski definition) is 0. The van der Waals surface area contributed by atoms with Crippen LogP contribution in [0.15, 0.2) is 164 Å². The lowest BCUT2D eigenvalue weighted by atomic mass is 9.81. The van der Waals surface area contributed by atoms with E-state index in [2.05, 4.69) is 164 Å². The molecule has 3 heteroatoms. The first-order chi connectivity index (χ1) is 25.0. The van der Waals surface area contributed by atoms with Crippen molar-refractivity contribution in [3.05, 3.63) is 175 Å². The van der Waals surface area contributed by atoms with E-state index < -0.39 is 0 Å². The van der Waals surface area contributed by atoms with Crippen LogP contribution in [0, 0.1) is 0 Å². The monoisotopic (exact) mass is 651 g/mol. The van der Waals surface area contributed by atoms with Gasteiger partial charge in [0.1, 0.15) is 0 Å². The Morgan fingerprint density at radius 3 is 2.02 bits per heavy atom. The van der Waals surface area contributed by atoms with Crippen LogP contribution in [0.5, 0.6) is 0 Å². The maximum Gasteiger partial charge on any atom is 0.160 e. The second-order valence-electron chi connectivity index (χ2n) is 14.0. The number of fused-ring (bicyclic) bond motifs is 7. The van der Waals surface area contributed by atoms with Crippen LogP contribution in [0.4, 0.5) is 0 Å². The average molecular weight is 652 g/mol. The summed E-state index contributed by atoms with van der Waals surface area (Å²) in [6, 6.07) is 56.4. The molecule has 7 aromatic carbocycles. The number of hydrogen-bond acceptors (Lipinski definition) is 3. The predicted molar refractivity (Wildman–Crippen MR) is 212 cm³/mol. The minimum atomic E-state index is -0.0634. The Morgan fingerprint density at radius 2 is 1.14 bits per heavy atom. The molecule has 51 heavy (non-hydrogen) atoms. The van der Waals surface area contributed by atoms with Gasteiger partial charge in [0, 0.05) is 33.7 Å². The molecule has 0 radical (unpaired) electrons. The first-order valence-corrected chi connectivity index (χ1v) is 17.5. The third kappa shape index (κ3) is 4.69. The van der Waals surface area contributed by atoms with Crippen LogP contribution < -0.4 is 0 Å². The van der Waals surface area contributed by atoms with E-state index >= 15 is 0 Å². The van der Waals surface area contributed by atoms with Crippen molar-refractivity contribution in [1.29, 1.82) is 0 Å². The van der Waals surface area contributed by atoms with E-state index in [1.54, 1.807) is 0 Å². The molecule has 0 spiro atoms. The molecule has 0 aliphatic heterocycles. The maximum atomic E-state index is 5.27. The van der Waals surface area contributed by atoms with Gasteiger partial charge in [0.15, 0.2) is 5.82 Å². The van der Waals surface area contributed by atoms with Gasteiger partial charge in [-0.05, 0) is 85.3 Å². The maximum absolute atomic E-state index is 5.27. The molecule has 0 saturated heterocycles. The molecule has 0 fully saturated rings. The minimum absolute atomic E-state index is 0.0634. The van der Waals surface area contributed by atoms with Crippen LogP contribution in [0.2, 0.25) is 0 Å². The number of rotatable bonds is 4. The summed E-state index contributed by atoms with van der Waals surface area (Å²) in [5, 5.41) is 6.07. The average Bonchev–Trinajstić information content (AvgIpc) is 3.42. The highest BCUT2D eigenvalue weighted by Crippen LogP contribution is 2.50. The summed E-state index contributed by atoms with van der Waals surface area (Å²) in [4.78, 5) is 15.0. The van der Waals surface area contributed by atoms with Crippen molar-refractivity contribution in [2.24, 2.45) is 0 Å². The second-order valence-corrected chi connectivity index (χ2v) is 14.0. The van der Waals surface area contributed by atoms with Gasteiger partial charge in [-0.3, -0.25) is 4.98 Å². The Morgan fingerprint density at radius 1 is 0.412 bits per heavy atom. The van der Waals surface area contributed by atoms with E-state index in [-0.39, 0.29) is 5.41 Å². The van der Waals surface area contributed by atoms with E-state index in [0.717, 1.165) is 50.1 Å². The molecule has 0 amide bonds. The molecule has 240 valence electrons. The summed E-state index contributed by atoms with van der Waals surface area (Å²) < 4.78 is 0. The lowest BCUT2D eigenvalue weighted by molar-refractivity contribution is 0.661. The molecule has 0 saturated carbocycles. The van der Waals surface area contributed by atoms with Crippen molar-refractivity contribution in [3.63, 3.8) is 0 Å². The fraction of sp³-hybridized carbons (Fsp3) is 0.0625. The smallest absolute Gasteiger partial charge is 0.160 e. The molecule has 0 N–H and O–H groups in total. The Hall–Kier alpha value is -6.45. The van der Waals surface area contributed by atoms with Crippen molar-refractivity contribution in [1.82, 2.24) is 15.0 Å². The zero-order valence-corrected chi connectivity index (χ0v) is 28.4. The Labute approximate surface area is 297 Å². The van der Waals surface area contributed by atoms with Crippen LogP contribution in [0.3, 0.4) is 0 Å². The first-order valence-electron chi connectivity index (χ1n) is 17.5. The Bertz CT molecular complexity index is 2810. The highest BCUT2D eigenvalue weighted by atomic mass is 14.9. The van der Waals surface area contributed by atoms with Gasteiger partial charge in [0.2, 0.25) is 0 Å². The van der Waals surface area contributed by atoms with E-state index in [4.69, 9.17) is 9.97 Å². The van der Waals surface area contributed by atoms with Crippen molar-refractivity contribution in [2.75, 3.05) is 0 Å². The summed E-state index contributed by atoms with van der Waals surface area (Å²) >= 11 is 0. The van der Waals surface area contributed by atoms with Gasteiger partial charge in [-0.25, -0.2) is 9.97 Å². The van der Waals surface area contributed by atoms with Gasteiger partial charge in [0.25, 0.3) is 0 Å². The molecular formula is C48H33N3. The van der Waals surface area contributed by atoms with Crippen LogP contribution >= 0.6 is 0 Å². The lowest BCUT2D eigenvalue weighted by Gasteiger charge is -2.22. The molecule has 1 aliphatic rings. The normalized spacial score (nSPS) is 13.1. The first kappa shape index (κ1) is 29.5. The van der Waals surface area contributed by atoms with Crippen LogP contribution in [0.25, 0.3) is 88.6 Å². The SMILES string of the molecule is CC1(C)c2ccccc2-c2cc3ccc4c(-c5cc(-c6ccccc6)nc(-c6ccc(-c7cccc8ncccc78)cc6)n5)cccc4c3cc21. The molecule has 1 aliphatic carbocycles. The molecule has 0 unspecified atom stereocenters.